The van der Waals surface area contributed by atoms with E-state index in [2.05, 4.69) is 9.47 Å². The molecule has 1 N–H and O–H groups in total. The SMILES string of the molecule is O=C(O)c1ccc(=O)n(-c2ccc3c(c2)OC(F)(F)O3)c1. The number of carboxylic acids is 1. The zero-order valence-electron chi connectivity index (χ0n) is 10.2. The molecule has 21 heavy (non-hydrogen) atoms. The molecular formula is C13H7F2NO5. The van der Waals surface area contributed by atoms with Gasteiger partial charge in [-0.05, 0) is 18.2 Å². The van der Waals surface area contributed by atoms with Crippen LogP contribution in [0.25, 0.3) is 5.69 Å². The maximum Gasteiger partial charge on any atom is 0.586 e. The lowest BCUT2D eigenvalue weighted by molar-refractivity contribution is -0.286. The van der Waals surface area contributed by atoms with Crippen LogP contribution in [-0.2, 0) is 0 Å². The van der Waals surface area contributed by atoms with Crippen LogP contribution in [0, 0.1) is 0 Å². The summed E-state index contributed by atoms with van der Waals surface area (Å²) in [4.78, 5) is 22.7. The van der Waals surface area contributed by atoms with Gasteiger partial charge in [-0.25, -0.2) is 4.79 Å². The lowest BCUT2D eigenvalue weighted by Gasteiger charge is -2.07. The molecule has 0 amide bonds. The van der Waals surface area contributed by atoms with Crippen molar-refractivity contribution in [2.24, 2.45) is 0 Å². The predicted octanol–water partition coefficient (Wildman–Crippen LogP) is 1.86. The molecule has 0 radical (unpaired) electrons. The molecule has 0 atom stereocenters. The van der Waals surface area contributed by atoms with E-state index in [9.17, 15) is 18.4 Å². The summed E-state index contributed by atoms with van der Waals surface area (Å²) < 4.78 is 35.4. The van der Waals surface area contributed by atoms with Gasteiger partial charge in [0.15, 0.2) is 11.5 Å². The molecule has 0 fully saturated rings. The van der Waals surface area contributed by atoms with Gasteiger partial charge >= 0.3 is 12.3 Å². The number of alkyl halides is 2. The third-order valence-corrected chi connectivity index (χ3v) is 2.82. The van der Waals surface area contributed by atoms with E-state index >= 15 is 0 Å². The average Bonchev–Trinajstić information content (AvgIpc) is 2.71. The molecule has 0 bridgehead atoms. The van der Waals surface area contributed by atoms with E-state index in [0.717, 1.165) is 22.9 Å². The topological polar surface area (TPSA) is 77.8 Å². The first kappa shape index (κ1) is 13.1. The fraction of sp³-hybridized carbons (Fsp3) is 0.0769. The van der Waals surface area contributed by atoms with Crippen molar-refractivity contribution in [2.75, 3.05) is 0 Å². The van der Waals surface area contributed by atoms with E-state index in [1.165, 1.54) is 18.2 Å². The lowest BCUT2D eigenvalue weighted by atomic mass is 10.2. The third kappa shape index (κ3) is 2.31. The molecule has 0 saturated heterocycles. The number of benzene rings is 1. The number of hydrogen-bond donors (Lipinski definition) is 1. The van der Waals surface area contributed by atoms with Gasteiger partial charge in [0.1, 0.15) is 0 Å². The first-order valence-electron chi connectivity index (χ1n) is 5.72. The average molecular weight is 295 g/mol. The predicted molar refractivity (Wildman–Crippen MR) is 65.2 cm³/mol. The number of rotatable bonds is 2. The summed E-state index contributed by atoms with van der Waals surface area (Å²) in [5.41, 5.74) is -0.439. The number of pyridine rings is 1. The highest BCUT2D eigenvalue weighted by Crippen LogP contribution is 2.41. The Balaban J connectivity index is 2.09. The fourth-order valence-corrected chi connectivity index (χ4v) is 1.90. The van der Waals surface area contributed by atoms with Crippen LogP contribution in [0.3, 0.4) is 0 Å². The first-order chi connectivity index (χ1) is 9.85. The van der Waals surface area contributed by atoms with Crippen LogP contribution in [0.4, 0.5) is 8.78 Å². The number of nitrogens with zero attached hydrogens (tertiary/aromatic N) is 1. The lowest BCUT2D eigenvalue weighted by Crippen LogP contribution is -2.25. The molecule has 1 aromatic heterocycles. The van der Waals surface area contributed by atoms with Crippen molar-refractivity contribution in [3.05, 3.63) is 52.4 Å². The van der Waals surface area contributed by atoms with Crippen LogP contribution in [0.15, 0.2) is 41.3 Å². The summed E-state index contributed by atoms with van der Waals surface area (Å²) in [6, 6.07) is 5.95. The van der Waals surface area contributed by atoms with Crippen molar-refractivity contribution in [3.8, 4) is 17.2 Å². The Labute approximate surface area is 115 Å². The summed E-state index contributed by atoms with van der Waals surface area (Å²) in [5.74, 6) is -1.60. The number of carboxylic acid groups (broad SMARTS) is 1. The molecule has 0 unspecified atom stereocenters. The number of ether oxygens (including phenoxy) is 2. The number of hydrogen-bond acceptors (Lipinski definition) is 4. The Kier molecular flexibility index (Phi) is 2.68. The molecular weight excluding hydrogens is 288 g/mol. The van der Waals surface area contributed by atoms with Gasteiger partial charge in [-0.3, -0.25) is 9.36 Å². The maximum atomic E-state index is 12.9. The van der Waals surface area contributed by atoms with Crippen molar-refractivity contribution in [1.29, 1.82) is 0 Å². The van der Waals surface area contributed by atoms with E-state index in [1.807, 2.05) is 0 Å². The van der Waals surface area contributed by atoms with E-state index < -0.39 is 17.8 Å². The third-order valence-electron chi connectivity index (χ3n) is 2.82. The smallest absolute Gasteiger partial charge is 0.478 e. The van der Waals surface area contributed by atoms with Crippen molar-refractivity contribution in [2.45, 2.75) is 6.29 Å². The van der Waals surface area contributed by atoms with Crippen LogP contribution in [0.5, 0.6) is 11.5 Å². The van der Waals surface area contributed by atoms with Gasteiger partial charge in [-0.2, -0.15) is 0 Å². The van der Waals surface area contributed by atoms with Crippen LogP contribution < -0.4 is 15.0 Å². The molecule has 1 aromatic carbocycles. The number of aromatic nitrogens is 1. The second-order valence-corrected chi connectivity index (χ2v) is 4.23. The van der Waals surface area contributed by atoms with Crippen LogP contribution >= 0.6 is 0 Å². The first-order valence-corrected chi connectivity index (χ1v) is 5.72. The molecule has 6 nitrogen and oxygen atoms in total. The second kappa shape index (κ2) is 4.30. The Bertz CT molecular complexity index is 799. The molecule has 3 rings (SSSR count). The van der Waals surface area contributed by atoms with Gasteiger partial charge in [-0.15, -0.1) is 8.78 Å². The minimum absolute atomic E-state index is 0.113. The number of carbonyl (C=O) groups is 1. The summed E-state index contributed by atoms with van der Waals surface area (Å²) in [7, 11) is 0. The van der Waals surface area contributed by atoms with Gasteiger partial charge in [0, 0.05) is 18.3 Å². The van der Waals surface area contributed by atoms with Crippen LogP contribution in [-0.4, -0.2) is 21.9 Å². The fourth-order valence-electron chi connectivity index (χ4n) is 1.90. The molecule has 2 aromatic rings. The highest BCUT2D eigenvalue weighted by atomic mass is 19.3. The number of aromatic carboxylic acids is 1. The maximum absolute atomic E-state index is 12.9. The van der Waals surface area contributed by atoms with Gasteiger partial charge in [0.05, 0.1) is 11.3 Å². The zero-order chi connectivity index (χ0) is 15.2. The summed E-state index contributed by atoms with van der Waals surface area (Å²) in [6.07, 6.45) is -2.66. The highest BCUT2D eigenvalue weighted by molar-refractivity contribution is 5.87. The van der Waals surface area contributed by atoms with Crippen LogP contribution in [0.1, 0.15) is 10.4 Å². The molecule has 108 valence electrons. The monoisotopic (exact) mass is 295 g/mol. The zero-order valence-corrected chi connectivity index (χ0v) is 10.2. The number of halogens is 2. The molecule has 0 saturated carbocycles. The minimum atomic E-state index is -3.76. The molecule has 8 heteroatoms. The molecule has 0 spiro atoms. The van der Waals surface area contributed by atoms with Crippen molar-refractivity contribution >= 4 is 5.97 Å². The van der Waals surface area contributed by atoms with E-state index in [1.54, 1.807) is 0 Å². The largest absolute Gasteiger partial charge is 0.586 e. The van der Waals surface area contributed by atoms with Gasteiger partial charge in [0.2, 0.25) is 0 Å². The quantitative estimate of drug-likeness (QED) is 0.915. The van der Waals surface area contributed by atoms with Crippen molar-refractivity contribution in [3.63, 3.8) is 0 Å². The van der Waals surface area contributed by atoms with Crippen molar-refractivity contribution in [1.82, 2.24) is 4.57 Å². The molecule has 1 aliphatic rings. The minimum Gasteiger partial charge on any atom is -0.478 e. The van der Waals surface area contributed by atoms with E-state index in [4.69, 9.17) is 5.11 Å². The Morgan fingerprint density at radius 3 is 2.57 bits per heavy atom. The second-order valence-electron chi connectivity index (χ2n) is 4.23. The Morgan fingerprint density at radius 1 is 1.14 bits per heavy atom. The van der Waals surface area contributed by atoms with Gasteiger partial charge < -0.3 is 14.6 Å². The summed E-state index contributed by atoms with van der Waals surface area (Å²) in [6.45, 7) is 0. The van der Waals surface area contributed by atoms with Gasteiger partial charge in [0.25, 0.3) is 5.56 Å². The Hall–Kier alpha value is -2.90. The summed E-state index contributed by atoms with van der Waals surface area (Å²) >= 11 is 0. The molecule has 2 heterocycles. The van der Waals surface area contributed by atoms with E-state index in [-0.39, 0.29) is 22.7 Å². The molecule has 0 aliphatic carbocycles. The number of fused-ring (bicyclic) bond motifs is 1. The highest BCUT2D eigenvalue weighted by Gasteiger charge is 2.43. The molecule has 1 aliphatic heterocycles. The standard InChI is InChI=1S/C13H7F2NO5/c14-13(15)20-9-3-2-8(5-10(9)21-13)16-6-7(12(18)19)1-4-11(16)17/h1-6H,(H,18,19). The van der Waals surface area contributed by atoms with Crippen molar-refractivity contribution < 1.29 is 28.2 Å². The van der Waals surface area contributed by atoms with Gasteiger partial charge in [-0.1, -0.05) is 0 Å². The van der Waals surface area contributed by atoms with E-state index in [0.29, 0.717) is 0 Å². The normalized spacial score (nSPS) is 15.0. The van der Waals surface area contributed by atoms with Crippen LogP contribution in [0.2, 0.25) is 0 Å². The summed E-state index contributed by atoms with van der Waals surface area (Å²) in [5, 5.41) is 8.91. The Morgan fingerprint density at radius 2 is 1.86 bits per heavy atom.